The van der Waals surface area contributed by atoms with Crippen molar-refractivity contribution in [3.8, 4) is 11.5 Å². The molecule has 2 saturated heterocycles. The largest absolute Gasteiger partial charge is 0.496 e. The number of fused-ring (bicyclic) bond motifs is 1. The number of alkyl halides is 2. The van der Waals surface area contributed by atoms with Crippen molar-refractivity contribution in [2.45, 2.75) is 38.1 Å². The molecule has 2 aromatic carbocycles. The lowest BCUT2D eigenvalue weighted by Crippen LogP contribution is -2.44. The summed E-state index contributed by atoms with van der Waals surface area (Å²) in [7, 11) is 1.59. The summed E-state index contributed by atoms with van der Waals surface area (Å²) >= 11 is 0. The van der Waals surface area contributed by atoms with E-state index in [0.29, 0.717) is 62.5 Å². The van der Waals surface area contributed by atoms with E-state index in [1.165, 1.54) is 16.7 Å². The summed E-state index contributed by atoms with van der Waals surface area (Å²) in [5.74, 6) is 0.801. The highest BCUT2D eigenvalue weighted by atomic mass is 19.1. The van der Waals surface area contributed by atoms with Crippen LogP contribution in [0.1, 0.15) is 30.0 Å². The molecule has 0 unspecified atom stereocenters. The molecule has 0 N–H and O–H groups in total. The molecule has 0 spiro atoms. The average Bonchev–Trinajstić information content (AvgIpc) is 3.03. The van der Waals surface area contributed by atoms with Gasteiger partial charge in [-0.3, -0.25) is 23.6 Å². The van der Waals surface area contributed by atoms with Crippen LogP contribution in [-0.4, -0.2) is 91.3 Å². The number of rotatable bonds is 11. The van der Waals surface area contributed by atoms with Gasteiger partial charge < -0.3 is 19.1 Å². The standard InChI is InChI=1S/C30H36F2N4O6/c1-40-28-14-21(2-3-22(28)19-33-10-12-41-13-11-33)18-35-29(38)26-15-24(42-25(16-31)17-32)4-5-27(26)36(30(35)39)23-6-8-34(20-37)9-7-23/h2-5,14-15,20,23,25H,6-13,16-19H2,1H3. The molecule has 0 saturated carbocycles. The third kappa shape index (κ3) is 6.34. The fourth-order valence-corrected chi connectivity index (χ4v) is 5.67. The lowest BCUT2D eigenvalue weighted by atomic mass is 10.0. The molecule has 42 heavy (non-hydrogen) atoms. The molecule has 226 valence electrons. The lowest BCUT2D eigenvalue weighted by molar-refractivity contribution is -0.119. The number of nitrogens with zero attached hydrogens (tertiary/aromatic N) is 4. The van der Waals surface area contributed by atoms with Gasteiger partial charge in [-0.25, -0.2) is 13.6 Å². The van der Waals surface area contributed by atoms with Crippen LogP contribution in [0.2, 0.25) is 0 Å². The molecule has 2 aliphatic rings. The molecule has 5 rings (SSSR count). The normalized spacial score (nSPS) is 16.7. The SMILES string of the molecule is COc1cc(Cn2c(=O)c3cc(OC(CF)CF)ccc3n(C3CCN(C=O)CC3)c2=O)ccc1CN1CCOCC1. The monoisotopic (exact) mass is 586 g/mol. The Morgan fingerprint density at radius 2 is 1.74 bits per heavy atom. The fraction of sp³-hybridized carbons (Fsp3) is 0.500. The summed E-state index contributed by atoms with van der Waals surface area (Å²) in [5, 5.41) is 0.206. The first-order valence-corrected chi connectivity index (χ1v) is 14.2. The topological polar surface area (TPSA) is 95.2 Å². The van der Waals surface area contributed by atoms with Crippen LogP contribution < -0.4 is 20.7 Å². The van der Waals surface area contributed by atoms with Crippen molar-refractivity contribution in [3.63, 3.8) is 0 Å². The predicted molar refractivity (Wildman–Crippen MR) is 153 cm³/mol. The first kappa shape index (κ1) is 29.7. The van der Waals surface area contributed by atoms with Crippen molar-refractivity contribution in [1.29, 1.82) is 0 Å². The summed E-state index contributed by atoms with van der Waals surface area (Å²) in [5.41, 5.74) is 1.11. The van der Waals surface area contributed by atoms with E-state index in [-0.39, 0.29) is 23.7 Å². The Labute approximate surface area is 242 Å². The molecule has 0 aliphatic carbocycles. The Kier molecular flexibility index (Phi) is 9.53. The van der Waals surface area contributed by atoms with Crippen molar-refractivity contribution < 1.29 is 27.8 Å². The Hall–Kier alpha value is -3.77. The molecule has 10 nitrogen and oxygen atoms in total. The van der Waals surface area contributed by atoms with E-state index in [1.54, 1.807) is 22.6 Å². The highest BCUT2D eigenvalue weighted by Crippen LogP contribution is 2.27. The average molecular weight is 587 g/mol. The van der Waals surface area contributed by atoms with E-state index in [4.69, 9.17) is 14.2 Å². The number of piperidine rings is 1. The number of hydrogen-bond acceptors (Lipinski definition) is 7. The summed E-state index contributed by atoms with van der Waals surface area (Å²) in [6, 6.07) is 9.96. The van der Waals surface area contributed by atoms with E-state index in [2.05, 4.69) is 4.90 Å². The number of amides is 1. The van der Waals surface area contributed by atoms with Crippen molar-refractivity contribution in [1.82, 2.24) is 18.9 Å². The molecule has 1 amide bonds. The van der Waals surface area contributed by atoms with E-state index in [9.17, 15) is 23.2 Å². The predicted octanol–water partition coefficient (Wildman–Crippen LogP) is 2.53. The number of carbonyl (C=O) groups excluding carboxylic acids is 1. The molecular formula is C30H36F2N4O6. The third-order valence-electron chi connectivity index (χ3n) is 7.99. The quantitative estimate of drug-likeness (QED) is 0.319. The molecule has 12 heteroatoms. The summed E-state index contributed by atoms with van der Waals surface area (Å²) < 4.78 is 45.6. The van der Waals surface area contributed by atoms with Gasteiger partial charge in [0.25, 0.3) is 5.56 Å². The van der Waals surface area contributed by atoms with Crippen LogP contribution >= 0.6 is 0 Å². The van der Waals surface area contributed by atoms with Crippen molar-refractivity contribution >= 4 is 17.3 Å². The first-order chi connectivity index (χ1) is 20.4. The Bertz CT molecular complexity index is 1510. The van der Waals surface area contributed by atoms with Crippen molar-refractivity contribution in [3.05, 3.63) is 68.4 Å². The maximum atomic E-state index is 14.0. The summed E-state index contributed by atoms with van der Waals surface area (Å²) in [4.78, 5) is 43.0. The lowest BCUT2D eigenvalue weighted by Gasteiger charge is -2.31. The van der Waals surface area contributed by atoms with Gasteiger partial charge in [0, 0.05) is 44.3 Å². The highest BCUT2D eigenvalue weighted by molar-refractivity contribution is 5.80. The van der Waals surface area contributed by atoms with Crippen molar-refractivity contribution in [2.24, 2.45) is 0 Å². The number of methoxy groups -OCH3 is 1. The van der Waals surface area contributed by atoms with Crippen molar-refractivity contribution in [2.75, 3.05) is 59.9 Å². The molecule has 1 aromatic heterocycles. The third-order valence-corrected chi connectivity index (χ3v) is 7.99. The first-order valence-electron chi connectivity index (χ1n) is 14.2. The second-order valence-corrected chi connectivity index (χ2v) is 10.7. The minimum atomic E-state index is -1.29. The number of hydrogen-bond donors (Lipinski definition) is 0. The molecule has 2 fully saturated rings. The minimum Gasteiger partial charge on any atom is -0.496 e. The minimum absolute atomic E-state index is 0.00233. The molecule has 0 atom stereocenters. The Balaban J connectivity index is 1.54. The van der Waals surface area contributed by atoms with Gasteiger partial charge in [0.2, 0.25) is 6.41 Å². The number of ether oxygens (including phenoxy) is 3. The van der Waals surface area contributed by atoms with Gasteiger partial charge >= 0.3 is 5.69 Å². The molecule has 0 bridgehead atoms. The van der Waals surface area contributed by atoms with Gasteiger partial charge in [-0.15, -0.1) is 0 Å². The number of morpholine rings is 1. The second-order valence-electron chi connectivity index (χ2n) is 10.7. The molecular weight excluding hydrogens is 550 g/mol. The maximum Gasteiger partial charge on any atom is 0.332 e. The van der Waals surface area contributed by atoms with Crippen LogP contribution in [0, 0.1) is 0 Å². The number of halogens is 2. The maximum absolute atomic E-state index is 14.0. The molecule has 3 aromatic rings. The summed E-state index contributed by atoms with van der Waals surface area (Å²) in [6.07, 6.45) is 0.593. The number of likely N-dealkylation sites (tertiary alicyclic amines) is 1. The van der Waals surface area contributed by atoms with Gasteiger partial charge in [-0.05, 0) is 42.7 Å². The highest BCUT2D eigenvalue weighted by Gasteiger charge is 2.25. The van der Waals surface area contributed by atoms with Gasteiger partial charge in [0.1, 0.15) is 24.8 Å². The van der Waals surface area contributed by atoms with Gasteiger partial charge in [-0.2, -0.15) is 0 Å². The second kappa shape index (κ2) is 13.5. The van der Waals surface area contributed by atoms with Gasteiger partial charge in [0.15, 0.2) is 6.10 Å². The zero-order valence-corrected chi connectivity index (χ0v) is 23.7. The van der Waals surface area contributed by atoms with Crippen LogP contribution in [0.25, 0.3) is 10.9 Å². The van der Waals surface area contributed by atoms with Gasteiger partial charge in [0.05, 0.1) is 37.8 Å². The summed E-state index contributed by atoms with van der Waals surface area (Å²) in [6.45, 7) is 2.64. The van der Waals surface area contributed by atoms with E-state index in [0.717, 1.165) is 25.1 Å². The Morgan fingerprint density at radius 3 is 2.40 bits per heavy atom. The van der Waals surface area contributed by atoms with Crippen LogP contribution in [0.4, 0.5) is 8.78 Å². The molecule has 3 heterocycles. The molecule has 0 radical (unpaired) electrons. The van der Waals surface area contributed by atoms with Crippen LogP contribution in [0.15, 0.2) is 46.0 Å². The number of aromatic nitrogens is 2. The van der Waals surface area contributed by atoms with Crippen LogP contribution in [-0.2, 0) is 22.6 Å². The number of benzene rings is 2. The fourth-order valence-electron chi connectivity index (χ4n) is 5.67. The number of carbonyl (C=O) groups is 1. The molecule has 2 aliphatic heterocycles. The van der Waals surface area contributed by atoms with Crippen LogP contribution in [0.3, 0.4) is 0 Å². The van der Waals surface area contributed by atoms with E-state index < -0.39 is 30.7 Å². The van der Waals surface area contributed by atoms with Crippen LogP contribution in [0.5, 0.6) is 11.5 Å². The van der Waals surface area contributed by atoms with E-state index >= 15 is 0 Å². The Morgan fingerprint density at radius 1 is 1.00 bits per heavy atom. The zero-order valence-electron chi connectivity index (χ0n) is 23.7. The van der Waals surface area contributed by atoms with E-state index in [1.807, 2.05) is 18.2 Å². The van der Waals surface area contributed by atoms with Gasteiger partial charge in [-0.1, -0.05) is 12.1 Å². The zero-order chi connectivity index (χ0) is 29.6. The smallest absolute Gasteiger partial charge is 0.332 e.